The van der Waals surface area contributed by atoms with Crippen molar-refractivity contribution in [1.82, 2.24) is 4.90 Å². The first-order valence-electron chi connectivity index (χ1n) is 4.60. The highest BCUT2D eigenvalue weighted by Crippen LogP contribution is 2.38. The fraction of sp³-hybridized carbons (Fsp3) is 0.444. The lowest BCUT2D eigenvalue weighted by Gasteiger charge is -2.30. The summed E-state index contributed by atoms with van der Waals surface area (Å²) in [5, 5.41) is 11.4. The average Bonchev–Trinajstić information content (AvgIpc) is 2.59. The van der Waals surface area contributed by atoms with Crippen LogP contribution in [-0.2, 0) is 11.3 Å². The summed E-state index contributed by atoms with van der Waals surface area (Å²) in [6.07, 6.45) is -5.96. The van der Waals surface area contributed by atoms with Crippen molar-refractivity contribution in [2.75, 3.05) is 6.54 Å². The minimum Gasteiger partial charge on any atom is -0.386 e. The van der Waals surface area contributed by atoms with Gasteiger partial charge in [0.05, 0.1) is 6.54 Å². The van der Waals surface area contributed by atoms with Gasteiger partial charge in [0.1, 0.15) is 6.10 Å². The number of alkyl halides is 3. The van der Waals surface area contributed by atoms with E-state index in [-0.39, 0.29) is 13.1 Å². The summed E-state index contributed by atoms with van der Waals surface area (Å²) in [6, 6.07) is 0. The Kier molecular flexibility index (Phi) is 3.21. The van der Waals surface area contributed by atoms with E-state index in [4.69, 9.17) is 0 Å². The molecule has 2 rings (SSSR count). The standard InChI is InChI=1S/C9H7BrF3NO2S/c10-5-3-17-7-4(5)1-14(2-6(7)15)8(16)9(11,12)13/h3,6,15H,1-2H2. The monoisotopic (exact) mass is 329 g/mol. The Morgan fingerprint density at radius 2 is 2.24 bits per heavy atom. The first-order valence-corrected chi connectivity index (χ1v) is 6.28. The van der Waals surface area contributed by atoms with Crippen molar-refractivity contribution in [3.8, 4) is 0 Å². The van der Waals surface area contributed by atoms with Crippen LogP contribution in [0.3, 0.4) is 0 Å². The van der Waals surface area contributed by atoms with Crippen LogP contribution in [0.25, 0.3) is 0 Å². The minimum atomic E-state index is -4.90. The number of fused-ring (bicyclic) bond motifs is 1. The first-order chi connectivity index (χ1) is 7.80. The lowest BCUT2D eigenvalue weighted by molar-refractivity contribution is -0.188. The molecule has 1 aliphatic rings. The van der Waals surface area contributed by atoms with Crippen LogP contribution in [-0.4, -0.2) is 28.6 Å². The van der Waals surface area contributed by atoms with Crippen LogP contribution in [0.15, 0.2) is 9.85 Å². The molecule has 94 valence electrons. The molecule has 1 amide bonds. The second-order valence-corrected chi connectivity index (χ2v) is 5.39. The summed E-state index contributed by atoms with van der Waals surface area (Å²) in [7, 11) is 0. The number of aliphatic hydroxyl groups excluding tert-OH is 1. The summed E-state index contributed by atoms with van der Waals surface area (Å²) in [5.74, 6) is -1.92. The third-order valence-electron chi connectivity index (χ3n) is 2.45. The largest absolute Gasteiger partial charge is 0.471 e. The van der Waals surface area contributed by atoms with Crippen molar-refractivity contribution in [2.24, 2.45) is 0 Å². The SMILES string of the molecule is O=C(N1Cc2c(Br)csc2C(O)C1)C(F)(F)F. The highest BCUT2D eigenvalue weighted by atomic mass is 79.9. The Morgan fingerprint density at radius 1 is 1.59 bits per heavy atom. The summed E-state index contributed by atoms with van der Waals surface area (Å²) in [4.78, 5) is 12.3. The number of hydrogen-bond donors (Lipinski definition) is 1. The Labute approximate surface area is 107 Å². The van der Waals surface area contributed by atoms with Gasteiger partial charge in [-0.05, 0) is 15.9 Å². The maximum Gasteiger partial charge on any atom is 0.471 e. The molecule has 0 aliphatic carbocycles. The van der Waals surface area contributed by atoms with E-state index in [2.05, 4.69) is 15.9 Å². The highest BCUT2D eigenvalue weighted by Gasteiger charge is 2.44. The van der Waals surface area contributed by atoms with Gasteiger partial charge in [-0.2, -0.15) is 13.2 Å². The Balaban J connectivity index is 2.28. The quantitative estimate of drug-likeness (QED) is 0.794. The third-order valence-corrected chi connectivity index (χ3v) is 4.59. The van der Waals surface area contributed by atoms with Crippen LogP contribution in [0.4, 0.5) is 13.2 Å². The summed E-state index contributed by atoms with van der Waals surface area (Å²) >= 11 is 4.45. The predicted molar refractivity (Wildman–Crippen MR) is 58.5 cm³/mol. The third kappa shape index (κ3) is 2.34. The van der Waals surface area contributed by atoms with Crippen LogP contribution in [0.5, 0.6) is 0 Å². The number of rotatable bonds is 0. The van der Waals surface area contributed by atoms with Crippen LogP contribution in [0.2, 0.25) is 0 Å². The van der Waals surface area contributed by atoms with E-state index in [1.165, 1.54) is 11.3 Å². The van der Waals surface area contributed by atoms with Crippen LogP contribution < -0.4 is 0 Å². The van der Waals surface area contributed by atoms with Crippen molar-refractivity contribution >= 4 is 33.2 Å². The van der Waals surface area contributed by atoms with Gasteiger partial charge in [-0.1, -0.05) is 0 Å². The summed E-state index contributed by atoms with van der Waals surface area (Å²) < 4.78 is 37.5. The summed E-state index contributed by atoms with van der Waals surface area (Å²) in [6.45, 7) is -0.451. The second kappa shape index (κ2) is 4.25. The van der Waals surface area contributed by atoms with Crippen molar-refractivity contribution < 1.29 is 23.1 Å². The number of carbonyl (C=O) groups excluding carboxylic acids is 1. The molecule has 1 atom stereocenters. The number of carbonyl (C=O) groups is 1. The minimum absolute atomic E-state index is 0.130. The van der Waals surface area contributed by atoms with Crippen LogP contribution in [0.1, 0.15) is 16.5 Å². The molecule has 1 N–H and O–H groups in total. The van der Waals surface area contributed by atoms with Gasteiger partial charge in [-0.15, -0.1) is 11.3 Å². The van der Waals surface area contributed by atoms with Gasteiger partial charge in [0.25, 0.3) is 0 Å². The average molecular weight is 330 g/mol. The predicted octanol–water partition coefficient (Wildman–Crippen LogP) is 2.45. The molecule has 0 radical (unpaired) electrons. The maximum absolute atomic E-state index is 12.3. The molecule has 0 spiro atoms. The molecule has 0 saturated heterocycles. The van der Waals surface area contributed by atoms with Gasteiger partial charge < -0.3 is 10.0 Å². The topological polar surface area (TPSA) is 40.5 Å². The molecule has 0 aromatic carbocycles. The van der Waals surface area contributed by atoms with Gasteiger partial charge in [-0.3, -0.25) is 4.79 Å². The molecular formula is C9H7BrF3NO2S. The second-order valence-electron chi connectivity index (χ2n) is 3.63. The molecule has 1 unspecified atom stereocenters. The van der Waals surface area contributed by atoms with Crippen molar-refractivity contribution in [2.45, 2.75) is 18.8 Å². The van der Waals surface area contributed by atoms with Crippen LogP contribution >= 0.6 is 27.3 Å². The molecule has 1 aliphatic heterocycles. The number of aliphatic hydroxyl groups is 1. The number of hydrogen-bond acceptors (Lipinski definition) is 3. The molecule has 1 aromatic rings. The fourth-order valence-electron chi connectivity index (χ4n) is 1.69. The Hall–Kier alpha value is -0.600. The molecule has 0 saturated carbocycles. The normalized spacial score (nSPS) is 20.3. The number of nitrogens with zero attached hydrogens (tertiary/aromatic N) is 1. The number of β-amino-alcohol motifs (C(OH)–C–C–N with tert-alkyl or cyclic N) is 1. The number of halogens is 4. The zero-order valence-corrected chi connectivity index (χ0v) is 10.7. The molecule has 0 bridgehead atoms. The molecule has 8 heteroatoms. The Morgan fingerprint density at radius 3 is 2.82 bits per heavy atom. The Bertz CT molecular complexity index is 460. The molecule has 17 heavy (non-hydrogen) atoms. The van der Waals surface area contributed by atoms with Crippen molar-refractivity contribution in [3.05, 3.63) is 20.3 Å². The fourth-order valence-corrected chi connectivity index (χ4v) is 3.36. The number of thiophene rings is 1. The van der Waals surface area contributed by atoms with Gasteiger partial charge in [0.2, 0.25) is 0 Å². The molecule has 3 nitrogen and oxygen atoms in total. The van der Waals surface area contributed by atoms with E-state index in [1.807, 2.05) is 0 Å². The molecule has 2 heterocycles. The molecule has 0 fully saturated rings. The van der Waals surface area contributed by atoms with Gasteiger partial charge in [0, 0.05) is 26.8 Å². The first kappa shape index (κ1) is 12.8. The zero-order chi connectivity index (χ0) is 12.8. The van der Waals surface area contributed by atoms with Gasteiger partial charge in [0.15, 0.2) is 0 Å². The van der Waals surface area contributed by atoms with E-state index < -0.39 is 18.2 Å². The van der Waals surface area contributed by atoms with E-state index >= 15 is 0 Å². The van der Waals surface area contributed by atoms with Crippen LogP contribution in [0, 0.1) is 0 Å². The molecule has 1 aromatic heterocycles. The van der Waals surface area contributed by atoms with Crippen molar-refractivity contribution in [1.29, 1.82) is 0 Å². The lowest BCUT2D eigenvalue weighted by Crippen LogP contribution is -2.44. The molecular weight excluding hydrogens is 323 g/mol. The van der Waals surface area contributed by atoms with Crippen molar-refractivity contribution in [3.63, 3.8) is 0 Å². The number of amides is 1. The van der Waals surface area contributed by atoms with E-state index in [9.17, 15) is 23.1 Å². The van der Waals surface area contributed by atoms with Gasteiger partial charge in [-0.25, -0.2) is 0 Å². The van der Waals surface area contributed by atoms with E-state index in [0.29, 0.717) is 19.8 Å². The maximum atomic E-state index is 12.3. The smallest absolute Gasteiger partial charge is 0.386 e. The van der Waals surface area contributed by atoms with E-state index in [0.717, 1.165) is 0 Å². The summed E-state index contributed by atoms with van der Waals surface area (Å²) in [5.41, 5.74) is 0.548. The van der Waals surface area contributed by atoms with E-state index in [1.54, 1.807) is 5.38 Å². The lowest BCUT2D eigenvalue weighted by atomic mass is 10.1. The van der Waals surface area contributed by atoms with Gasteiger partial charge >= 0.3 is 12.1 Å². The zero-order valence-electron chi connectivity index (χ0n) is 8.29. The highest BCUT2D eigenvalue weighted by molar-refractivity contribution is 9.10.